The molecule has 2 rings (SSSR count). The summed E-state index contributed by atoms with van der Waals surface area (Å²) in [6.45, 7) is 2.71. The highest BCUT2D eigenvalue weighted by Crippen LogP contribution is 2.17. The Kier molecular flexibility index (Phi) is 7.00. The third-order valence-electron chi connectivity index (χ3n) is 4.09. The Morgan fingerprint density at radius 1 is 1.13 bits per heavy atom. The lowest BCUT2D eigenvalue weighted by molar-refractivity contribution is -0.121. The second-order valence-corrected chi connectivity index (χ2v) is 5.82. The van der Waals surface area contributed by atoms with E-state index in [-0.39, 0.29) is 18.0 Å². The van der Waals surface area contributed by atoms with Gasteiger partial charge < -0.3 is 16.0 Å². The van der Waals surface area contributed by atoms with Crippen molar-refractivity contribution in [1.82, 2.24) is 16.0 Å². The Hall–Kier alpha value is -1.95. The lowest BCUT2D eigenvalue weighted by Gasteiger charge is -2.22. The lowest BCUT2D eigenvalue weighted by atomic mass is 9.93. The largest absolute Gasteiger partial charge is 0.354 e. The van der Waals surface area contributed by atoms with E-state index in [1.807, 2.05) is 0 Å². The predicted molar refractivity (Wildman–Crippen MR) is 86.6 cm³/mol. The Morgan fingerprint density at radius 2 is 1.83 bits per heavy atom. The summed E-state index contributed by atoms with van der Waals surface area (Å²) in [5.41, 5.74) is 0.0183. The summed E-state index contributed by atoms with van der Waals surface area (Å²) in [6.07, 6.45) is 3.69. The predicted octanol–water partition coefficient (Wildman–Crippen LogP) is 1.45. The van der Waals surface area contributed by atoms with Gasteiger partial charge in [0.15, 0.2) is 0 Å². The van der Waals surface area contributed by atoms with Crippen molar-refractivity contribution in [3.05, 3.63) is 35.6 Å². The number of carbonyl (C=O) groups is 2. The van der Waals surface area contributed by atoms with Crippen LogP contribution < -0.4 is 16.0 Å². The molecule has 1 saturated heterocycles. The van der Waals surface area contributed by atoms with Gasteiger partial charge in [-0.15, -0.1) is 0 Å². The number of hydrogen-bond acceptors (Lipinski definition) is 3. The Balaban J connectivity index is 1.58. The molecule has 1 heterocycles. The van der Waals surface area contributed by atoms with Gasteiger partial charge in [-0.1, -0.05) is 12.1 Å². The second-order valence-electron chi connectivity index (χ2n) is 5.82. The molecule has 1 fully saturated rings. The monoisotopic (exact) mass is 321 g/mol. The topological polar surface area (TPSA) is 70.2 Å². The summed E-state index contributed by atoms with van der Waals surface area (Å²) >= 11 is 0. The summed E-state index contributed by atoms with van der Waals surface area (Å²) in [7, 11) is 0. The fraction of sp³-hybridized carbons (Fsp3) is 0.529. The van der Waals surface area contributed by atoms with Crippen LogP contribution in [0.3, 0.4) is 0 Å². The fourth-order valence-electron chi connectivity index (χ4n) is 2.71. The van der Waals surface area contributed by atoms with E-state index in [4.69, 9.17) is 0 Å². The van der Waals surface area contributed by atoms with E-state index in [0.29, 0.717) is 18.9 Å². The van der Waals surface area contributed by atoms with Crippen molar-refractivity contribution < 1.29 is 14.0 Å². The molecule has 23 heavy (non-hydrogen) atoms. The molecule has 2 amide bonds. The number of piperidine rings is 1. The SMILES string of the molecule is O=C(CCC1CCNCC1)NCCNC(=O)c1ccccc1F. The molecule has 0 aromatic heterocycles. The molecule has 5 nitrogen and oxygen atoms in total. The Morgan fingerprint density at radius 3 is 2.57 bits per heavy atom. The molecule has 0 unspecified atom stereocenters. The molecule has 3 N–H and O–H groups in total. The third kappa shape index (κ3) is 5.98. The number of rotatable bonds is 7. The maximum absolute atomic E-state index is 13.4. The van der Waals surface area contributed by atoms with E-state index in [0.717, 1.165) is 32.4 Å². The molecule has 0 bridgehead atoms. The van der Waals surface area contributed by atoms with E-state index in [9.17, 15) is 14.0 Å². The third-order valence-corrected chi connectivity index (χ3v) is 4.09. The number of hydrogen-bond donors (Lipinski definition) is 3. The number of halogens is 1. The van der Waals surface area contributed by atoms with Crippen LogP contribution in [0.1, 0.15) is 36.0 Å². The zero-order valence-corrected chi connectivity index (χ0v) is 13.2. The number of carbonyl (C=O) groups excluding carboxylic acids is 2. The fourth-order valence-corrected chi connectivity index (χ4v) is 2.71. The second kappa shape index (κ2) is 9.25. The van der Waals surface area contributed by atoms with Crippen molar-refractivity contribution in [1.29, 1.82) is 0 Å². The molecule has 1 aromatic rings. The summed E-state index contributed by atoms with van der Waals surface area (Å²) in [5.74, 6) is -0.380. The van der Waals surface area contributed by atoms with Gasteiger partial charge in [0.2, 0.25) is 5.91 Å². The maximum atomic E-state index is 13.4. The first-order valence-electron chi connectivity index (χ1n) is 8.17. The van der Waals surface area contributed by atoms with E-state index in [1.165, 1.54) is 18.2 Å². The molecule has 0 atom stereocenters. The van der Waals surface area contributed by atoms with Gasteiger partial charge in [0.1, 0.15) is 5.82 Å². The lowest BCUT2D eigenvalue weighted by Crippen LogP contribution is -2.35. The van der Waals surface area contributed by atoms with Crippen molar-refractivity contribution >= 4 is 11.8 Å². The molecule has 0 aliphatic carbocycles. The average Bonchev–Trinajstić information content (AvgIpc) is 2.58. The zero-order valence-electron chi connectivity index (χ0n) is 13.2. The maximum Gasteiger partial charge on any atom is 0.254 e. The number of nitrogens with one attached hydrogen (secondary N) is 3. The van der Waals surface area contributed by atoms with Crippen molar-refractivity contribution in [3.8, 4) is 0 Å². The van der Waals surface area contributed by atoms with Gasteiger partial charge in [-0.3, -0.25) is 9.59 Å². The summed E-state index contributed by atoms with van der Waals surface area (Å²) in [6, 6.07) is 5.83. The van der Waals surface area contributed by atoms with Gasteiger partial charge in [0.25, 0.3) is 5.91 Å². The van der Waals surface area contributed by atoms with Crippen molar-refractivity contribution in [2.45, 2.75) is 25.7 Å². The molecule has 0 saturated carbocycles. The van der Waals surface area contributed by atoms with Crippen LogP contribution in [0.2, 0.25) is 0 Å². The number of amides is 2. The average molecular weight is 321 g/mol. The first-order valence-corrected chi connectivity index (χ1v) is 8.17. The standard InChI is InChI=1S/C17H24FN3O2/c18-15-4-2-1-3-14(15)17(23)21-12-11-20-16(22)6-5-13-7-9-19-10-8-13/h1-4,13,19H,5-12H2,(H,20,22)(H,21,23). The smallest absolute Gasteiger partial charge is 0.254 e. The highest BCUT2D eigenvalue weighted by atomic mass is 19.1. The van der Waals surface area contributed by atoms with Crippen LogP contribution in [0.15, 0.2) is 24.3 Å². The van der Waals surface area contributed by atoms with Crippen LogP contribution in [0.5, 0.6) is 0 Å². The normalized spacial score (nSPS) is 15.2. The van der Waals surface area contributed by atoms with Gasteiger partial charge in [0.05, 0.1) is 5.56 Å². The van der Waals surface area contributed by atoms with Gasteiger partial charge in [0, 0.05) is 19.5 Å². The van der Waals surface area contributed by atoms with Crippen molar-refractivity contribution in [3.63, 3.8) is 0 Å². The van der Waals surface area contributed by atoms with Crippen LogP contribution >= 0.6 is 0 Å². The van der Waals surface area contributed by atoms with E-state index in [1.54, 1.807) is 6.07 Å². The van der Waals surface area contributed by atoms with Gasteiger partial charge in [-0.05, 0) is 50.4 Å². The molecule has 6 heteroatoms. The highest BCUT2D eigenvalue weighted by molar-refractivity contribution is 5.94. The van der Waals surface area contributed by atoms with Crippen LogP contribution in [0.4, 0.5) is 4.39 Å². The van der Waals surface area contributed by atoms with E-state index in [2.05, 4.69) is 16.0 Å². The molecule has 0 spiro atoms. The summed E-state index contributed by atoms with van der Waals surface area (Å²) in [5, 5.41) is 8.68. The molecule has 1 aliphatic rings. The molecular weight excluding hydrogens is 297 g/mol. The molecular formula is C17H24FN3O2. The molecule has 126 valence electrons. The first kappa shape index (κ1) is 17.4. The van der Waals surface area contributed by atoms with Crippen LogP contribution in [-0.4, -0.2) is 38.0 Å². The van der Waals surface area contributed by atoms with Crippen LogP contribution in [0.25, 0.3) is 0 Å². The molecule has 1 aliphatic heterocycles. The Bertz CT molecular complexity index is 530. The first-order chi connectivity index (χ1) is 11.2. The van der Waals surface area contributed by atoms with E-state index < -0.39 is 11.7 Å². The van der Waals surface area contributed by atoms with Crippen molar-refractivity contribution in [2.24, 2.45) is 5.92 Å². The van der Waals surface area contributed by atoms with Gasteiger partial charge in [-0.25, -0.2) is 4.39 Å². The van der Waals surface area contributed by atoms with Gasteiger partial charge >= 0.3 is 0 Å². The van der Waals surface area contributed by atoms with Crippen LogP contribution in [-0.2, 0) is 4.79 Å². The summed E-state index contributed by atoms with van der Waals surface area (Å²) in [4.78, 5) is 23.5. The van der Waals surface area contributed by atoms with Gasteiger partial charge in [-0.2, -0.15) is 0 Å². The highest BCUT2D eigenvalue weighted by Gasteiger charge is 2.14. The summed E-state index contributed by atoms with van der Waals surface area (Å²) < 4.78 is 13.4. The number of benzene rings is 1. The minimum Gasteiger partial charge on any atom is -0.354 e. The molecule has 0 radical (unpaired) electrons. The van der Waals surface area contributed by atoms with Crippen LogP contribution in [0, 0.1) is 11.7 Å². The quantitative estimate of drug-likeness (QED) is 0.666. The van der Waals surface area contributed by atoms with Crippen molar-refractivity contribution in [2.75, 3.05) is 26.2 Å². The molecule has 1 aromatic carbocycles. The minimum atomic E-state index is -0.545. The zero-order chi connectivity index (χ0) is 16.5. The van der Waals surface area contributed by atoms with E-state index >= 15 is 0 Å². The minimum absolute atomic E-state index is 0.00340. The Labute approximate surface area is 136 Å².